The summed E-state index contributed by atoms with van der Waals surface area (Å²) < 4.78 is 8.18. The number of hydrogen-bond donors (Lipinski definition) is 0. The number of aromatic nitrogens is 2. The number of halogens is 1. The van der Waals surface area contributed by atoms with Crippen LogP contribution >= 0.6 is 15.9 Å². The van der Waals surface area contributed by atoms with Crippen molar-refractivity contribution in [3.63, 3.8) is 0 Å². The number of ketones is 1. The molecule has 0 amide bonds. The van der Waals surface area contributed by atoms with Crippen LogP contribution in [0.2, 0.25) is 0 Å². The van der Waals surface area contributed by atoms with Gasteiger partial charge in [-0.25, -0.2) is 0 Å². The standard InChI is InChI=1S/C14H21BrN2O2/c1-10(2)17-12(11(15)9-16-17)13(18)14(19-3)7-5-4-6-8-14/h9-10H,4-8H2,1-3H3. The van der Waals surface area contributed by atoms with E-state index in [1.54, 1.807) is 18.0 Å². The topological polar surface area (TPSA) is 44.1 Å². The van der Waals surface area contributed by atoms with Gasteiger partial charge in [-0.3, -0.25) is 9.48 Å². The first kappa shape index (κ1) is 14.7. The van der Waals surface area contributed by atoms with Crippen molar-refractivity contribution in [3.05, 3.63) is 16.4 Å². The highest BCUT2D eigenvalue weighted by Gasteiger charge is 2.42. The Kier molecular flexibility index (Phi) is 4.46. The van der Waals surface area contributed by atoms with E-state index in [9.17, 15) is 4.79 Å². The zero-order valence-electron chi connectivity index (χ0n) is 11.8. The van der Waals surface area contributed by atoms with Crippen LogP contribution in [0.1, 0.15) is 62.5 Å². The van der Waals surface area contributed by atoms with Crippen molar-refractivity contribution in [2.75, 3.05) is 7.11 Å². The van der Waals surface area contributed by atoms with Gasteiger partial charge in [-0.15, -0.1) is 0 Å². The number of nitrogens with zero attached hydrogens (tertiary/aromatic N) is 2. The van der Waals surface area contributed by atoms with E-state index in [4.69, 9.17) is 4.74 Å². The van der Waals surface area contributed by atoms with Crippen LogP contribution in [0, 0.1) is 0 Å². The molecule has 19 heavy (non-hydrogen) atoms. The SMILES string of the molecule is COC1(C(=O)c2c(Br)cnn2C(C)C)CCCCC1. The predicted molar refractivity (Wildman–Crippen MR) is 77.5 cm³/mol. The largest absolute Gasteiger partial charge is 0.370 e. The maximum Gasteiger partial charge on any atom is 0.213 e. The van der Waals surface area contributed by atoms with Crippen molar-refractivity contribution in [3.8, 4) is 0 Å². The quantitative estimate of drug-likeness (QED) is 0.790. The summed E-state index contributed by atoms with van der Waals surface area (Å²) in [7, 11) is 1.65. The molecule has 0 atom stereocenters. The molecule has 0 radical (unpaired) electrons. The molecule has 0 saturated heterocycles. The Morgan fingerprint density at radius 2 is 2.05 bits per heavy atom. The van der Waals surface area contributed by atoms with Gasteiger partial charge in [-0.05, 0) is 42.6 Å². The molecule has 0 unspecified atom stereocenters. The third kappa shape index (κ3) is 2.63. The van der Waals surface area contributed by atoms with E-state index >= 15 is 0 Å². The van der Waals surface area contributed by atoms with Crippen molar-refractivity contribution >= 4 is 21.7 Å². The Morgan fingerprint density at radius 1 is 1.42 bits per heavy atom. The average Bonchev–Trinajstić information content (AvgIpc) is 2.80. The fourth-order valence-electron chi connectivity index (χ4n) is 2.81. The van der Waals surface area contributed by atoms with Gasteiger partial charge >= 0.3 is 0 Å². The molecule has 0 spiro atoms. The first-order valence-electron chi connectivity index (χ1n) is 6.85. The fourth-order valence-corrected chi connectivity index (χ4v) is 3.26. The molecule has 4 nitrogen and oxygen atoms in total. The summed E-state index contributed by atoms with van der Waals surface area (Å²) in [4.78, 5) is 12.9. The lowest BCUT2D eigenvalue weighted by atomic mass is 9.80. The van der Waals surface area contributed by atoms with Crippen molar-refractivity contribution in [2.24, 2.45) is 0 Å². The van der Waals surface area contributed by atoms with Crippen molar-refractivity contribution in [1.82, 2.24) is 9.78 Å². The summed E-state index contributed by atoms with van der Waals surface area (Å²) >= 11 is 3.45. The van der Waals surface area contributed by atoms with Crippen LogP contribution in [-0.2, 0) is 4.74 Å². The fraction of sp³-hybridized carbons (Fsp3) is 0.714. The van der Waals surface area contributed by atoms with Crippen LogP contribution in [0.15, 0.2) is 10.7 Å². The van der Waals surface area contributed by atoms with Gasteiger partial charge < -0.3 is 4.74 Å². The maximum atomic E-state index is 12.9. The van der Waals surface area contributed by atoms with E-state index in [0.717, 1.165) is 30.2 Å². The Labute approximate surface area is 122 Å². The number of rotatable bonds is 4. The molecule has 1 aliphatic carbocycles. The second kappa shape index (κ2) is 5.75. The van der Waals surface area contributed by atoms with Gasteiger partial charge in [0.2, 0.25) is 5.78 Å². The smallest absolute Gasteiger partial charge is 0.213 e. The third-order valence-corrected chi connectivity index (χ3v) is 4.50. The molecule has 1 heterocycles. The second-order valence-electron chi connectivity index (χ2n) is 5.47. The number of Topliss-reactive ketones (excluding diaryl/α,β-unsaturated/α-hetero) is 1. The second-order valence-corrected chi connectivity index (χ2v) is 6.32. The number of methoxy groups -OCH3 is 1. The minimum atomic E-state index is -0.659. The van der Waals surface area contributed by atoms with Crippen LogP contribution < -0.4 is 0 Å². The summed E-state index contributed by atoms with van der Waals surface area (Å²) in [6.45, 7) is 4.05. The van der Waals surface area contributed by atoms with Gasteiger partial charge in [-0.2, -0.15) is 5.10 Å². The van der Waals surface area contributed by atoms with E-state index in [1.165, 1.54) is 6.42 Å². The molecular weight excluding hydrogens is 308 g/mol. The minimum absolute atomic E-state index is 0.0628. The molecule has 5 heteroatoms. The lowest BCUT2D eigenvalue weighted by Crippen LogP contribution is -2.43. The lowest BCUT2D eigenvalue weighted by molar-refractivity contribution is -0.0202. The van der Waals surface area contributed by atoms with E-state index in [0.29, 0.717) is 5.69 Å². The maximum absolute atomic E-state index is 12.9. The molecular formula is C14H21BrN2O2. The lowest BCUT2D eigenvalue weighted by Gasteiger charge is -2.34. The molecule has 1 aromatic heterocycles. The summed E-state index contributed by atoms with van der Waals surface area (Å²) in [5, 5.41) is 4.29. The van der Waals surface area contributed by atoms with Crippen molar-refractivity contribution in [1.29, 1.82) is 0 Å². The molecule has 0 aromatic carbocycles. The molecule has 1 aromatic rings. The molecule has 0 N–H and O–H groups in total. The third-order valence-electron chi connectivity index (χ3n) is 3.92. The van der Waals surface area contributed by atoms with E-state index in [-0.39, 0.29) is 11.8 Å². The molecule has 1 fully saturated rings. The van der Waals surface area contributed by atoms with Crippen LogP contribution in [-0.4, -0.2) is 28.3 Å². The van der Waals surface area contributed by atoms with Crippen LogP contribution in [0.4, 0.5) is 0 Å². The van der Waals surface area contributed by atoms with Crippen molar-refractivity contribution in [2.45, 2.75) is 57.6 Å². The minimum Gasteiger partial charge on any atom is -0.370 e. The number of carbonyl (C=O) groups excluding carboxylic acids is 1. The molecule has 0 aliphatic heterocycles. The Balaban J connectivity index is 2.40. The summed E-state index contributed by atoms with van der Waals surface area (Å²) in [6, 6.07) is 0.155. The van der Waals surface area contributed by atoms with Gasteiger partial charge in [0.25, 0.3) is 0 Å². The normalized spacial score (nSPS) is 18.8. The highest BCUT2D eigenvalue weighted by Crippen LogP contribution is 2.36. The summed E-state index contributed by atoms with van der Waals surface area (Å²) in [6.07, 6.45) is 6.58. The van der Waals surface area contributed by atoms with E-state index in [2.05, 4.69) is 21.0 Å². The average molecular weight is 329 g/mol. The van der Waals surface area contributed by atoms with Gasteiger partial charge in [0.1, 0.15) is 11.3 Å². The Morgan fingerprint density at radius 3 is 2.58 bits per heavy atom. The number of carbonyl (C=O) groups is 1. The molecule has 1 saturated carbocycles. The van der Waals surface area contributed by atoms with Gasteiger partial charge in [0.05, 0.1) is 10.7 Å². The predicted octanol–water partition coefficient (Wildman–Crippen LogP) is 3.76. The summed E-state index contributed by atoms with van der Waals surface area (Å²) in [5.41, 5.74) is -0.0216. The van der Waals surface area contributed by atoms with Crippen LogP contribution in [0.25, 0.3) is 0 Å². The van der Waals surface area contributed by atoms with Gasteiger partial charge in [0, 0.05) is 13.2 Å². The highest BCUT2D eigenvalue weighted by atomic mass is 79.9. The zero-order chi connectivity index (χ0) is 14.0. The number of ether oxygens (including phenoxy) is 1. The Bertz CT molecular complexity index is 462. The van der Waals surface area contributed by atoms with Gasteiger partial charge in [0.15, 0.2) is 0 Å². The Hall–Kier alpha value is -0.680. The highest BCUT2D eigenvalue weighted by molar-refractivity contribution is 9.10. The van der Waals surface area contributed by atoms with Crippen molar-refractivity contribution < 1.29 is 9.53 Å². The van der Waals surface area contributed by atoms with Gasteiger partial charge in [-0.1, -0.05) is 19.3 Å². The van der Waals surface area contributed by atoms with Crippen LogP contribution in [0.3, 0.4) is 0 Å². The van der Waals surface area contributed by atoms with E-state index < -0.39 is 5.60 Å². The first-order valence-corrected chi connectivity index (χ1v) is 7.64. The monoisotopic (exact) mass is 328 g/mol. The molecule has 106 valence electrons. The van der Waals surface area contributed by atoms with Crippen LogP contribution in [0.5, 0.6) is 0 Å². The first-order chi connectivity index (χ1) is 9.02. The zero-order valence-corrected chi connectivity index (χ0v) is 13.4. The number of hydrogen-bond acceptors (Lipinski definition) is 3. The molecule has 2 rings (SSSR count). The molecule has 0 bridgehead atoms. The molecule has 1 aliphatic rings. The van der Waals surface area contributed by atoms with E-state index in [1.807, 2.05) is 13.8 Å². The summed E-state index contributed by atoms with van der Waals surface area (Å²) in [5.74, 6) is 0.0628.